The molecule has 5 nitrogen and oxygen atoms in total. The second-order valence-corrected chi connectivity index (χ2v) is 7.17. The first kappa shape index (κ1) is 19.9. The Hall–Kier alpha value is -2.81. The normalized spacial score (nSPS) is 18.2. The van der Waals surface area contributed by atoms with Crippen LogP contribution in [0, 0.1) is 0 Å². The summed E-state index contributed by atoms with van der Waals surface area (Å²) in [5, 5.41) is 4.71. The Bertz CT molecular complexity index is 901. The van der Waals surface area contributed by atoms with Crippen LogP contribution in [0.3, 0.4) is 0 Å². The van der Waals surface area contributed by atoms with Crippen LogP contribution >= 0.6 is 11.8 Å². The van der Waals surface area contributed by atoms with E-state index in [4.69, 9.17) is 0 Å². The Labute approximate surface area is 163 Å². The van der Waals surface area contributed by atoms with Gasteiger partial charge in [0.15, 0.2) is 5.17 Å². The zero-order valence-corrected chi connectivity index (χ0v) is 15.3. The summed E-state index contributed by atoms with van der Waals surface area (Å²) in [6, 6.07) is 13.8. The number of aliphatic imine (C=N–C) groups is 1. The highest BCUT2D eigenvalue weighted by Crippen LogP contribution is 2.37. The van der Waals surface area contributed by atoms with Gasteiger partial charge in [0.25, 0.3) is 0 Å². The predicted molar refractivity (Wildman–Crippen MR) is 102 cm³/mol. The van der Waals surface area contributed by atoms with Gasteiger partial charge in [-0.15, -0.1) is 0 Å². The third-order valence-corrected chi connectivity index (χ3v) is 5.05. The number of para-hydroxylation sites is 2. The summed E-state index contributed by atoms with van der Waals surface area (Å²) in [5.41, 5.74) is -0.481. The Morgan fingerprint density at radius 1 is 1.11 bits per heavy atom. The fourth-order valence-electron chi connectivity index (χ4n) is 2.58. The second-order valence-electron chi connectivity index (χ2n) is 5.98. The van der Waals surface area contributed by atoms with Crippen LogP contribution in [0.15, 0.2) is 59.6 Å². The van der Waals surface area contributed by atoms with E-state index < -0.39 is 17.0 Å². The summed E-state index contributed by atoms with van der Waals surface area (Å²) in [7, 11) is 0. The predicted octanol–water partition coefficient (Wildman–Crippen LogP) is 4.34. The number of rotatable bonds is 5. The van der Waals surface area contributed by atoms with Gasteiger partial charge in [-0.2, -0.15) is 13.2 Å². The highest BCUT2D eigenvalue weighted by atomic mass is 32.2. The van der Waals surface area contributed by atoms with E-state index in [2.05, 4.69) is 15.6 Å². The van der Waals surface area contributed by atoms with Gasteiger partial charge in [0.2, 0.25) is 11.8 Å². The van der Waals surface area contributed by atoms with Gasteiger partial charge < -0.3 is 10.6 Å². The molecule has 0 radical (unpaired) electrons. The first-order chi connectivity index (χ1) is 13.3. The molecule has 1 saturated heterocycles. The number of halogens is 3. The van der Waals surface area contributed by atoms with Gasteiger partial charge in [0.05, 0.1) is 16.5 Å². The topological polar surface area (TPSA) is 70.6 Å². The number of amides is 2. The molecule has 1 aliphatic rings. The summed E-state index contributed by atoms with van der Waals surface area (Å²) < 4.78 is 39.2. The summed E-state index contributed by atoms with van der Waals surface area (Å²) in [5.74, 6) is -0.617. The van der Waals surface area contributed by atoms with Crippen LogP contribution in [0.25, 0.3) is 0 Å². The maximum Gasteiger partial charge on any atom is 0.418 e. The van der Waals surface area contributed by atoms with E-state index >= 15 is 0 Å². The molecular weight excluding hydrogens is 391 g/mol. The molecule has 3 rings (SSSR count). The SMILES string of the molecule is O=C(CC[C@H]1SC(=Nc2ccccc2C(F)(F)F)NC1=O)Nc1ccccc1. The first-order valence-corrected chi connectivity index (χ1v) is 9.28. The van der Waals surface area contributed by atoms with Crippen LogP contribution in [-0.4, -0.2) is 22.2 Å². The van der Waals surface area contributed by atoms with E-state index in [0.29, 0.717) is 5.69 Å². The van der Waals surface area contributed by atoms with Crippen molar-refractivity contribution in [2.24, 2.45) is 4.99 Å². The summed E-state index contributed by atoms with van der Waals surface area (Å²) in [6.45, 7) is 0. The number of carbonyl (C=O) groups is 2. The molecule has 1 atom stereocenters. The number of nitrogens with one attached hydrogen (secondary N) is 2. The summed E-state index contributed by atoms with van der Waals surface area (Å²) in [6.07, 6.45) is -4.19. The highest BCUT2D eigenvalue weighted by Gasteiger charge is 2.35. The Morgan fingerprint density at radius 2 is 1.79 bits per heavy atom. The summed E-state index contributed by atoms with van der Waals surface area (Å²) in [4.78, 5) is 28.0. The zero-order valence-electron chi connectivity index (χ0n) is 14.5. The standard InChI is InChI=1S/C19H16F3N3O2S/c20-19(21,22)13-8-4-5-9-14(13)24-18-25-17(27)15(28-18)10-11-16(26)23-12-6-2-1-3-7-12/h1-9,15H,10-11H2,(H,23,26)(H,24,25,27)/t15-/m1/s1. The Kier molecular flexibility index (Phi) is 6.03. The maximum absolute atomic E-state index is 13.1. The van der Waals surface area contributed by atoms with Crippen LogP contribution in [0.1, 0.15) is 18.4 Å². The van der Waals surface area contributed by atoms with Crippen LogP contribution in [0.5, 0.6) is 0 Å². The number of alkyl halides is 3. The minimum Gasteiger partial charge on any atom is -0.326 e. The average molecular weight is 407 g/mol. The zero-order chi connectivity index (χ0) is 20.1. The van der Waals surface area contributed by atoms with Crippen LogP contribution in [-0.2, 0) is 15.8 Å². The lowest BCUT2D eigenvalue weighted by Gasteiger charge is -2.09. The van der Waals surface area contributed by atoms with Crippen molar-refractivity contribution in [2.75, 3.05) is 5.32 Å². The first-order valence-electron chi connectivity index (χ1n) is 8.40. The molecule has 2 aromatic rings. The van der Waals surface area contributed by atoms with Crippen LogP contribution < -0.4 is 10.6 Å². The maximum atomic E-state index is 13.1. The number of amidine groups is 1. The van der Waals surface area contributed by atoms with Crippen molar-refractivity contribution >= 4 is 40.1 Å². The van der Waals surface area contributed by atoms with Gasteiger partial charge in [-0.25, -0.2) is 4.99 Å². The van der Waals surface area contributed by atoms with E-state index in [1.165, 1.54) is 18.2 Å². The summed E-state index contributed by atoms with van der Waals surface area (Å²) >= 11 is 1.02. The van der Waals surface area contributed by atoms with Crippen molar-refractivity contribution < 1.29 is 22.8 Å². The molecule has 2 N–H and O–H groups in total. The van der Waals surface area contributed by atoms with Gasteiger partial charge in [-0.1, -0.05) is 42.1 Å². The largest absolute Gasteiger partial charge is 0.418 e. The van der Waals surface area contributed by atoms with Crippen molar-refractivity contribution in [1.82, 2.24) is 5.32 Å². The Morgan fingerprint density at radius 3 is 2.50 bits per heavy atom. The molecule has 1 aliphatic heterocycles. The molecule has 1 heterocycles. The number of hydrogen-bond acceptors (Lipinski definition) is 4. The molecule has 0 bridgehead atoms. The molecule has 1 fully saturated rings. The lowest BCUT2D eigenvalue weighted by Crippen LogP contribution is -2.25. The molecule has 146 valence electrons. The van der Waals surface area contributed by atoms with Crippen molar-refractivity contribution in [1.29, 1.82) is 0 Å². The molecule has 2 aromatic carbocycles. The van der Waals surface area contributed by atoms with Gasteiger partial charge in [0.1, 0.15) is 0 Å². The van der Waals surface area contributed by atoms with Gasteiger partial charge >= 0.3 is 6.18 Å². The van der Waals surface area contributed by atoms with E-state index in [-0.39, 0.29) is 35.5 Å². The molecule has 0 aromatic heterocycles. The lowest BCUT2D eigenvalue weighted by atomic mass is 10.2. The van der Waals surface area contributed by atoms with E-state index in [1.807, 2.05) is 6.07 Å². The molecule has 0 aliphatic carbocycles. The molecule has 9 heteroatoms. The Balaban J connectivity index is 1.61. The highest BCUT2D eigenvalue weighted by molar-refractivity contribution is 8.15. The fourth-order valence-corrected chi connectivity index (χ4v) is 3.56. The molecule has 2 amide bonds. The van der Waals surface area contributed by atoms with Gasteiger partial charge in [-0.3, -0.25) is 9.59 Å². The molecule has 0 spiro atoms. The van der Waals surface area contributed by atoms with Crippen LogP contribution in [0.2, 0.25) is 0 Å². The number of benzene rings is 2. The number of anilines is 1. The molecule has 0 saturated carbocycles. The monoisotopic (exact) mass is 407 g/mol. The smallest absolute Gasteiger partial charge is 0.326 e. The van der Waals surface area contributed by atoms with E-state index in [9.17, 15) is 22.8 Å². The minimum atomic E-state index is -4.54. The third-order valence-electron chi connectivity index (χ3n) is 3.90. The lowest BCUT2D eigenvalue weighted by molar-refractivity contribution is -0.137. The van der Waals surface area contributed by atoms with Crippen LogP contribution in [0.4, 0.5) is 24.5 Å². The average Bonchev–Trinajstić information content (AvgIpc) is 2.99. The fraction of sp³-hybridized carbons (Fsp3) is 0.211. The van der Waals surface area contributed by atoms with Crippen molar-refractivity contribution in [3.8, 4) is 0 Å². The van der Waals surface area contributed by atoms with Gasteiger partial charge in [-0.05, 0) is 30.7 Å². The minimum absolute atomic E-state index is 0.0927. The van der Waals surface area contributed by atoms with Crippen molar-refractivity contribution in [3.63, 3.8) is 0 Å². The number of carbonyl (C=O) groups excluding carboxylic acids is 2. The second kappa shape index (κ2) is 8.47. The quantitative estimate of drug-likeness (QED) is 0.775. The molecule has 28 heavy (non-hydrogen) atoms. The molecule has 0 unspecified atom stereocenters. The van der Waals surface area contributed by atoms with E-state index in [0.717, 1.165) is 17.8 Å². The third kappa shape index (κ3) is 5.13. The molecular formula is C19H16F3N3O2S. The van der Waals surface area contributed by atoms with Crippen molar-refractivity contribution in [3.05, 3.63) is 60.2 Å². The van der Waals surface area contributed by atoms with Gasteiger partial charge in [0, 0.05) is 12.1 Å². The van der Waals surface area contributed by atoms with E-state index in [1.54, 1.807) is 24.3 Å². The van der Waals surface area contributed by atoms with Crippen molar-refractivity contribution in [2.45, 2.75) is 24.3 Å². The number of hydrogen-bond donors (Lipinski definition) is 2. The number of nitrogens with zero attached hydrogens (tertiary/aromatic N) is 1. The number of thioether (sulfide) groups is 1.